The molecule has 0 radical (unpaired) electrons. The lowest BCUT2D eigenvalue weighted by molar-refractivity contribution is 0.00299. The van der Waals surface area contributed by atoms with E-state index in [0.29, 0.717) is 39.6 Å². The van der Waals surface area contributed by atoms with Crippen LogP contribution in [0.1, 0.15) is 6.42 Å². The minimum atomic E-state index is 0.615. The second-order valence-corrected chi connectivity index (χ2v) is 3.99. The van der Waals surface area contributed by atoms with Crippen LogP contribution in [0.15, 0.2) is 0 Å². The summed E-state index contributed by atoms with van der Waals surface area (Å²) in [5.41, 5.74) is 0. The Hall–Kier alpha value is -0.200. The molecular weight excluding hydrogens is 222 g/mol. The Morgan fingerprint density at radius 1 is 0.706 bits per heavy atom. The van der Waals surface area contributed by atoms with Crippen molar-refractivity contribution in [3.05, 3.63) is 0 Å². The zero-order valence-electron chi connectivity index (χ0n) is 11.4. The summed E-state index contributed by atoms with van der Waals surface area (Å²) >= 11 is 0. The van der Waals surface area contributed by atoms with Crippen molar-refractivity contribution in [3.8, 4) is 0 Å². The van der Waals surface area contributed by atoms with E-state index in [0.717, 1.165) is 19.6 Å². The van der Waals surface area contributed by atoms with E-state index in [9.17, 15) is 0 Å². The van der Waals surface area contributed by atoms with Gasteiger partial charge in [-0.3, -0.25) is 0 Å². The molecule has 5 heteroatoms. The van der Waals surface area contributed by atoms with Crippen LogP contribution < -0.4 is 0 Å². The summed E-state index contributed by atoms with van der Waals surface area (Å²) in [7, 11) is 5.78. The van der Waals surface area contributed by atoms with Crippen LogP contribution in [0.2, 0.25) is 0 Å². The van der Waals surface area contributed by atoms with Gasteiger partial charge in [-0.1, -0.05) is 0 Å². The fraction of sp³-hybridized carbons (Fsp3) is 1.00. The fourth-order valence-electron chi connectivity index (χ4n) is 1.17. The van der Waals surface area contributed by atoms with E-state index >= 15 is 0 Å². The van der Waals surface area contributed by atoms with Crippen LogP contribution in [-0.2, 0) is 18.9 Å². The van der Waals surface area contributed by atoms with Gasteiger partial charge in [-0.15, -0.1) is 0 Å². The number of hydrogen-bond acceptors (Lipinski definition) is 5. The van der Waals surface area contributed by atoms with Crippen molar-refractivity contribution in [3.63, 3.8) is 0 Å². The molecule has 0 spiro atoms. The second kappa shape index (κ2) is 13.9. The summed E-state index contributed by atoms with van der Waals surface area (Å²) in [6.45, 7) is 5.64. The van der Waals surface area contributed by atoms with Gasteiger partial charge in [0.05, 0.1) is 39.6 Å². The van der Waals surface area contributed by atoms with Crippen molar-refractivity contribution in [2.45, 2.75) is 6.42 Å². The van der Waals surface area contributed by atoms with E-state index in [2.05, 4.69) is 19.0 Å². The molecule has 0 saturated carbocycles. The smallest absolute Gasteiger partial charge is 0.0701 e. The van der Waals surface area contributed by atoms with Gasteiger partial charge in [-0.25, -0.2) is 0 Å². The average molecular weight is 249 g/mol. The van der Waals surface area contributed by atoms with Crippen molar-refractivity contribution in [2.75, 3.05) is 74.0 Å². The number of nitrogens with zero attached hydrogens (tertiary/aromatic N) is 1. The summed E-state index contributed by atoms with van der Waals surface area (Å²) in [6, 6.07) is 0. The Kier molecular flexibility index (Phi) is 13.7. The molecule has 0 fully saturated rings. The highest BCUT2D eigenvalue weighted by Crippen LogP contribution is 1.86. The summed E-state index contributed by atoms with van der Waals surface area (Å²) in [4.78, 5) is 2.15. The third-order valence-corrected chi connectivity index (χ3v) is 2.07. The van der Waals surface area contributed by atoms with Crippen LogP contribution in [0.3, 0.4) is 0 Å². The Labute approximate surface area is 105 Å². The van der Waals surface area contributed by atoms with E-state index in [-0.39, 0.29) is 0 Å². The summed E-state index contributed by atoms with van der Waals surface area (Å²) in [6.07, 6.45) is 1.06. The van der Waals surface area contributed by atoms with E-state index in [1.165, 1.54) is 0 Å². The van der Waals surface area contributed by atoms with Crippen LogP contribution in [0.5, 0.6) is 0 Å². The quantitative estimate of drug-likeness (QED) is 0.448. The van der Waals surface area contributed by atoms with Crippen LogP contribution >= 0.6 is 0 Å². The molecule has 0 aromatic carbocycles. The van der Waals surface area contributed by atoms with Crippen molar-refractivity contribution < 1.29 is 18.9 Å². The summed E-state index contributed by atoms with van der Waals surface area (Å²) in [5.74, 6) is 0. The maximum Gasteiger partial charge on any atom is 0.0701 e. The van der Waals surface area contributed by atoms with Gasteiger partial charge in [-0.05, 0) is 27.1 Å². The van der Waals surface area contributed by atoms with Gasteiger partial charge in [0, 0.05) is 13.7 Å². The summed E-state index contributed by atoms with van der Waals surface area (Å²) < 4.78 is 20.9. The van der Waals surface area contributed by atoms with Gasteiger partial charge >= 0.3 is 0 Å². The van der Waals surface area contributed by atoms with Gasteiger partial charge in [0.25, 0.3) is 0 Å². The van der Waals surface area contributed by atoms with Gasteiger partial charge < -0.3 is 23.8 Å². The zero-order chi connectivity index (χ0) is 12.8. The van der Waals surface area contributed by atoms with Crippen LogP contribution in [0.25, 0.3) is 0 Å². The second-order valence-electron chi connectivity index (χ2n) is 3.99. The molecule has 0 amide bonds. The molecular formula is C12H27NO4. The first-order chi connectivity index (χ1) is 8.27. The lowest BCUT2D eigenvalue weighted by atomic mass is 10.4. The molecule has 0 aliphatic heterocycles. The lowest BCUT2D eigenvalue weighted by Crippen LogP contribution is -2.16. The molecule has 5 nitrogen and oxygen atoms in total. The van der Waals surface area contributed by atoms with Crippen LogP contribution in [0, 0.1) is 0 Å². The van der Waals surface area contributed by atoms with Gasteiger partial charge in [0.15, 0.2) is 0 Å². The predicted octanol–water partition coefficient (Wildman–Crippen LogP) is 0.634. The third-order valence-electron chi connectivity index (χ3n) is 2.07. The SMILES string of the molecule is COCCOCCOCCOCCCN(C)C. The maximum atomic E-state index is 5.42. The summed E-state index contributed by atoms with van der Waals surface area (Å²) in [5, 5.41) is 0. The first-order valence-corrected chi connectivity index (χ1v) is 6.14. The molecule has 0 unspecified atom stereocenters. The number of ether oxygens (including phenoxy) is 4. The molecule has 0 saturated heterocycles. The van der Waals surface area contributed by atoms with E-state index < -0.39 is 0 Å². The average Bonchev–Trinajstić information content (AvgIpc) is 2.30. The monoisotopic (exact) mass is 249 g/mol. The molecule has 0 heterocycles. The number of methoxy groups -OCH3 is 1. The molecule has 17 heavy (non-hydrogen) atoms. The standard InChI is InChI=1S/C12H27NO4/c1-13(2)5-4-6-15-9-10-17-12-11-16-8-7-14-3/h4-12H2,1-3H3. The molecule has 0 aromatic heterocycles. The molecule has 0 aliphatic carbocycles. The normalized spacial score (nSPS) is 11.3. The Balaban J connectivity index is 2.89. The molecule has 0 aliphatic rings. The maximum absolute atomic E-state index is 5.42. The Bertz CT molecular complexity index is 144. The van der Waals surface area contributed by atoms with Gasteiger partial charge in [0.2, 0.25) is 0 Å². The van der Waals surface area contributed by atoms with Gasteiger partial charge in [0.1, 0.15) is 0 Å². The van der Waals surface area contributed by atoms with E-state index in [1.54, 1.807) is 7.11 Å². The zero-order valence-corrected chi connectivity index (χ0v) is 11.4. The third kappa shape index (κ3) is 15.8. The number of rotatable bonds is 13. The number of hydrogen-bond donors (Lipinski definition) is 0. The Morgan fingerprint density at radius 2 is 1.18 bits per heavy atom. The molecule has 0 aromatic rings. The molecule has 0 atom stereocenters. The first-order valence-electron chi connectivity index (χ1n) is 6.14. The topological polar surface area (TPSA) is 40.2 Å². The fourth-order valence-corrected chi connectivity index (χ4v) is 1.17. The van der Waals surface area contributed by atoms with Crippen molar-refractivity contribution >= 4 is 0 Å². The van der Waals surface area contributed by atoms with Crippen LogP contribution in [-0.4, -0.2) is 78.9 Å². The lowest BCUT2D eigenvalue weighted by Gasteiger charge is -2.09. The Morgan fingerprint density at radius 3 is 1.65 bits per heavy atom. The molecule has 104 valence electrons. The molecule has 0 rings (SSSR count). The van der Waals surface area contributed by atoms with Crippen molar-refractivity contribution in [1.82, 2.24) is 4.90 Å². The van der Waals surface area contributed by atoms with E-state index in [4.69, 9.17) is 18.9 Å². The first kappa shape index (κ1) is 16.8. The van der Waals surface area contributed by atoms with Crippen molar-refractivity contribution in [1.29, 1.82) is 0 Å². The highest BCUT2D eigenvalue weighted by molar-refractivity contribution is 4.42. The van der Waals surface area contributed by atoms with Crippen LogP contribution in [0.4, 0.5) is 0 Å². The van der Waals surface area contributed by atoms with Gasteiger partial charge in [-0.2, -0.15) is 0 Å². The largest absolute Gasteiger partial charge is 0.382 e. The molecule has 0 N–H and O–H groups in total. The highest BCUT2D eigenvalue weighted by atomic mass is 16.6. The predicted molar refractivity (Wildman–Crippen MR) is 67.5 cm³/mol. The van der Waals surface area contributed by atoms with Crippen molar-refractivity contribution in [2.24, 2.45) is 0 Å². The van der Waals surface area contributed by atoms with E-state index in [1.807, 2.05) is 0 Å². The highest BCUT2D eigenvalue weighted by Gasteiger charge is 1.93. The molecule has 0 bridgehead atoms. The minimum absolute atomic E-state index is 0.615. The minimum Gasteiger partial charge on any atom is -0.382 e.